The van der Waals surface area contributed by atoms with Gasteiger partial charge in [-0.1, -0.05) is 108 Å². The molecule has 16 amide bonds. The Balaban J connectivity index is 1.48. The smallest absolute Gasteiger partial charge is 0.246 e. The van der Waals surface area contributed by atoms with E-state index in [-0.39, 0.29) is 109 Å². The van der Waals surface area contributed by atoms with Crippen molar-refractivity contribution in [3.05, 3.63) is 11.9 Å². The van der Waals surface area contributed by atoms with E-state index in [0.29, 0.717) is 19.3 Å². The second-order valence-corrected chi connectivity index (χ2v) is 33.5. The Morgan fingerprint density at radius 2 is 1.01 bits per heavy atom. The van der Waals surface area contributed by atoms with Gasteiger partial charge in [0.15, 0.2) is 5.96 Å². The van der Waals surface area contributed by atoms with E-state index in [0.717, 1.165) is 21.6 Å². The van der Waals surface area contributed by atoms with Crippen molar-refractivity contribution in [2.75, 3.05) is 57.4 Å². The molecule has 1 aromatic heterocycles. The number of aliphatic hydroxyl groups is 2. The van der Waals surface area contributed by atoms with Crippen LogP contribution in [-0.2, 0) is 89.7 Å². The van der Waals surface area contributed by atoms with Gasteiger partial charge >= 0.3 is 0 Å². The highest BCUT2D eigenvalue weighted by atomic mass is 33.1. The van der Waals surface area contributed by atoms with Crippen LogP contribution in [0.3, 0.4) is 0 Å². The molecule has 43 heteroatoms. The predicted octanol–water partition coefficient (Wildman–Crippen LogP) is -6.90. The van der Waals surface area contributed by atoms with Gasteiger partial charge in [-0.05, 0) is 87.9 Å². The first-order valence-electron chi connectivity index (χ1n) is 38.8. The highest BCUT2D eigenvalue weighted by molar-refractivity contribution is 8.76. The van der Waals surface area contributed by atoms with E-state index in [1.807, 2.05) is 0 Å². The van der Waals surface area contributed by atoms with Crippen LogP contribution in [0.25, 0.3) is 0 Å². The zero-order chi connectivity index (χ0) is 84.6. The highest BCUT2D eigenvalue weighted by Gasteiger charge is 2.47. The zero-order valence-electron chi connectivity index (χ0n) is 66.4. The molecule has 4 fully saturated rings. The summed E-state index contributed by atoms with van der Waals surface area (Å²) in [6.45, 7) is 13.6. The summed E-state index contributed by atoms with van der Waals surface area (Å²) in [5.41, 5.74) is 22.6. The summed E-state index contributed by atoms with van der Waals surface area (Å²) in [5, 5.41) is 60.8. The van der Waals surface area contributed by atoms with Gasteiger partial charge in [-0.3, -0.25) is 86.4 Å². The standard InChI is InChI=1S/C71H117N23O18S2/c1-11-35(4)52-65(108)84-46-33-113-114-34-47(62(105)88-54(37(6)13-3)69(112)93-24-16-19-48(93)63(106)80-42(55(73)98)26-39-29-91(90-89-39)30-40(72)57(100)77-28-51(97)78-38(7)56(99)86-52)85-66(109)53(36(5)12-2)87-64(107)49-20-15-23-92(49)68(111)50-21-17-25-94(50)67(110)43(27-71(8,9)10)81-60(103)45(32-96)82-58(101)41(18-14-22-76-70(74)75)79-59(102)44(31-95)83-61(46)104/h29,35-38,40-50,52-54,95-96H,11-28,30-34,72H2,1-10H3,(H2,73,98)(H,77,100)(H,78,97)(H,79,102)(H,80,106)(H,81,103)(H,82,101)(H,83,104)(H,84,108)(H,85,109)(H,86,99)(H,87,107)(H,88,105)(H4,74,75,76)/t35-,36-,37-,38-,40-,41-,42-,43-,44-,45-,46-,47-,48-,49-,50-,52+,53-,54-/m0/s1. The molecule has 4 bridgehead atoms. The van der Waals surface area contributed by atoms with E-state index in [4.69, 9.17) is 22.9 Å². The molecule has 114 heavy (non-hydrogen) atoms. The Labute approximate surface area is 669 Å². The Hall–Kier alpha value is -9.49. The maximum atomic E-state index is 15.4. The van der Waals surface area contributed by atoms with Gasteiger partial charge in [-0.2, -0.15) is 0 Å². The van der Waals surface area contributed by atoms with Gasteiger partial charge in [0.2, 0.25) is 94.5 Å². The van der Waals surface area contributed by atoms with Gasteiger partial charge in [0.25, 0.3) is 0 Å². The minimum Gasteiger partial charge on any atom is -0.394 e. The summed E-state index contributed by atoms with van der Waals surface area (Å²) in [4.78, 5) is 240. The fraction of sp³-hybridized carbons (Fsp3) is 0.732. The van der Waals surface area contributed by atoms with E-state index in [2.05, 4.69) is 79.1 Å². The number of aliphatic imine (C=N–C) groups is 1. The van der Waals surface area contributed by atoms with Gasteiger partial charge in [0.1, 0.15) is 90.6 Å². The molecule has 18 atom stereocenters. The van der Waals surface area contributed by atoms with Crippen LogP contribution in [0.15, 0.2) is 11.2 Å². The second kappa shape index (κ2) is 43.8. The van der Waals surface area contributed by atoms with Crippen LogP contribution < -0.4 is 86.7 Å². The maximum Gasteiger partial charge on any atom is 0.246 e. The number of primary amides is 1. The number of fused-ring (bicyclic) bond motifs is 10. The first kappa shape index (κ1) is 93.4. The molecule has 0 saturated carbocycles. The highest BCUT2D eigenvalue weighted by Crippen LogP contribution is 2.30. The second-order valence-electron chi connectivity index (χ2n) is 30.9. The lowest BCUT2D eigenvalue weighted by Gasteiger charge is -2.35. The van der Waals surface area contributed by atoms with Crippen LogP contribution in [0.1, 0.15) is 152 Å². The summed E-state index contributed by atoms with van der Waals surface area (Å²) in [6, 6.07) is -22.2. The molecule has 0 spiro atoms. The third-order valence-corrected chi connectivity index (χ3v) is 23.3. The molecule has 636 valence electrons. The van der Waals surface area contributed by atoms with Crippen molar-refractivity contribution in [1.82, 2.24) is 93.5 Å². The molecule has 0 unspecified atom stereocenters. The van der Waals surface area contributed by atoms with Crippen LogP contribution in [0.2, 0.25) is 0 Å². The van der Waals surface area contributed by atoms with Gasteiger partial charge < -0.3 is 112 Å². The fourth-order valence-electron chi connectivity index (χ4n) is 13.7. The molecule has 4 saturated heterocycles. The molecule has 6 rings (SSSR count). The third-order valence-electron chi connectivity index (χ3n) is 20.9. The summed E-state index contributed by atoms with van der Waals surface area (Å²) in [5.74, 6) is -17.7. The molecule has 1 aromatic rings. The van der Waals surface area contributed by atoms with Crippen LogP contribution >= 0.6 is 21.6 Å². The monoisotopic (exact) mass is 1640 g/mol. The van der Waals surface area contributed by atoms with Crippen molar-refractivity contribution >= 4 is 122 Å². The number of guanidine groups is 1. The average Bonchev–Trinajstić information content (AvgIpc) is 1.63. The quantitative estimate of drug-likeness (QED) is 0.0356. The lowest BCUT2D eigenvalue weighted by atomic mass is 9.87. The normalized spacial score (nSPS) is 29.3. The molecule has 41 nitrogen and oxygen atoms in total. The minimum atomic E-state index is -1.95. The van der Waals surface area contributed by atoms with E-state index in [1.165, 1.54) is 32.5 Å². The lowest BCUT2D eigenvalue weighted by molar-refractivity contribution is -0.148. The van der Waals surface area contributed by atoms with Crippen LogP contribution in [0.5, 0.6) is 0 Å². The Bertz CT molecular complexity index is 3660. The number of hydrogen-bond acceptors (Lipinski definition) is 24. The molecule has 0 aliphatic carbocycles. The molecule has 5 aliphatic rings. The number of amides is 16. The van der Waals surface area contributed by atoms with Crippen LogP contribution in [-0.4, -0.2) is 288 Å². The number of nitrogens with one attached hydrogen (secondary N) is 12. The first-order chi connectivity index (χ1) is 53.8. The fourth-order valence-corrected chi connectivity index (χ4v) is 16.0. The molecule has 0 aromatic carbocycles. The van der Waals surface area contributed by atoms with Crippen molar-refractivity contribution in [2.45, 2.75) is 250 Å². The number of rotatable bonds is 14. The average molecular weight is 1640 g/mol. The number of hydrogen-bond donors (Lipinski definition) is 18. The van der Waals surface area contributed by atoms with Crippen molar-refractivity contribution < 1.29 is 86.9 Å². The zero-order valence-corrected chi connectivity index (χ0v) is 68.0. The van der Waals surface area contributed by atoms with Crippen molar-refractivity contribution in [2.24, 2.45) is 51.1 Å². The van der Waals surface area contributed by atoms with E-state index in [9.17, 15) is 72.5 Å². The SMILES string of the molecule is CC[C@H](C)[C@@H]1NC(=O)[C@@H]2CCCN2C(=O)[C@@H]2CCCN2C(=O)[C@H](CC(C)(C)C)NC(=O)[C@H](CO)NC(=O)[C@H](CCCN=C(N)N)NC(=O)[C@H](CO)NC(=O)[C@@H]2CSSC[C@H](NC1=O)C(=O)N[C@@H]([C@@H](C)CC)C(=O)N1CCC[C@H]1C(=O)N[C@H](C(N)=O)Cc1cn(nn1)C[C@H](N)C(=O)NCC(=O)N[C@@H](C)C(=O)N[C@H]([C@@H](C)CC)C(=O)N2. The number of nitrogens with two attached hydrogens (primary N) is 4. The number of carbonyl (C=O) groups is 16. The lowest BCUT2D eigenvalue weighted by Crippen LogP contribution is -2.62. The topological polar surface area (TPSA) is 615 Å². The van der Waals surface area contributed by atoms with Crippen molar-refractivity contribution in [3.8, 4) is 0 Å². The molecule has 0 radical (unpaired) electrons. The Morgan fingerprint density at radius 3 is 1.53 bits per heavy atom. The summed E-state index contributed by atoms with van der Waals surface area (Å²) in [7, 11) is 1.69. The van der Waals surface area contributed by atoms with Crippen molar-refractivity contribution in [1.29, 1.82) is 0 Å². The molecule has 6 heterocycles. The van der Waals surface area contributed by atoms with E-state index < -0.39 is 240 Å². The molecular formula is C71H117N23O18S2. The number of nitrogens with zero attached hydrogens (tertiary/aromatic N) is 7. The van der Waals surface area contributed by atoms with Crippen LogP contribution in [0, 0.1) is 23.2 Å². The molecule has 22 N–H and O–H groups in total. The largest absolute Gasteiger partial charge is 0.394 e. The summed E-state index contributed by atoms with van der Waals surface area (Å²) >= 11 is 0. The number of aromatic nitrogens is 3. The number of carbonyl (C=O) groups excluding carboxylic acids is 16. The third kappa shape index (κ3) is 26.5. The van der Waals surface area contributed by atoms with Crippen molar-refractivity contribution in [3.63, 3.8) is 0 Å². The summed E-state index contributed by atoms with van der Waals surface area (Å²) < 4.78 is 1.17. The van der Waals surface area contributed by atoms with E-state index >= 15 is 14.4 Å². The maximum absolute atomic E-state index is 15.4. The van der Waals surface area contributed by atoms with Gasteiger partial charge in [0, 0.05) is 50.3 Å². The minimum absolute atomic E-state index is 0.0131. The van der Waals surface area contributed by atoms with Gasteiger partial charge in [-0.15, -0.1) is 5.10 Å². The van der Waals surface area contributed by atoms with Gasteiger partial charge in [0.05, 0.1) is 32.0 Å². The Morgan fingerprint density at radius 1 is 0.553 bits per heavy atom. The Kier molecular flexibility index (Phi) is 35.9. The summed E-state index contributed by atoms with van der Waals surface area (Å²) in [6.07, 6.45) is 2.83. The molecule has 5 aliphatic heterocycles. The molecular weight excluding hydrogens is 1530 g/mol. The van der Waals surface area contributed by atoms with Gasteiger partial charge in [-0.25, -0.2) is 0 Å². The van der Waals surface area contributed by atoms with E-state index in [1.54, 1.807) is 62.3 Å². The number of aliphatic hydroxyl groups excluding tert-OH is 2. The first-order valence-corrected chi connectivity index (χ1v) is 41.3. The predicted molar refractivity (Wildman–Crippen MR) is 416 cm³/mol. The van der Waals surface area contributed by atoms with Crippen LogP contribution in [0.4, 0.5) is 0 Å².